The van der Waals surface area contributed by atoms with Crippen LogP contribution in [0.25, 0.3) is 0 Å². The topological polar surface area (TPSA) is 41.1 Å². The summed E-state index contributed by atoms with van der Waals surface area (Å²) in [5.41, 5.74) is 1.93. The molecule has 0 aromatic heterocycles. The van der Waals surface area contributed by atoms with Crippen LogP contribution in [0.1, 0.15) is 22.8 Å². The molecule has 3 rings (SSSR count). The van der Waals surface area contributed by atoms with Gasteiger partial charge in [-0.3, -0.25) is 4.79 Å². The number of hydrogen-bond donors (Lipinski definition) is 2. The molecule has 2 aromatic carbocycles. The molecule has 3 nitrogen and oxygen atoms in total. The maximum Gasteiger partial charge on any atom is 0.255 e. The summed E-state index contributed by atoms with van der Waals surface area (Å²) in [5.74, 6) is -0.0624. The summed E-state index contributed by atoms with van der Waals surface area (Å²) in [4.78, 5) is 12.2. The second kappa shape index (κ2) is 4.38. The highest BCUT2D eigenvalue weighted by atomic mass is 79.9. The van der Waals surface area contributed by atoms with Gasteiger partial charge in [-0.2, -0.15) is 0 Å². The average Bonchev–Trinajstić information content (AvgIpc) is 2.39. The van der Waals surface area contributed by atoms with Crippen molar-refractivity contribution in [1.82, 2.24) is 5.32 Å². The predicted molar refractivity (Wildman–Crippen MR) is 79.0 cm³/mol. The molecule has 0 bridgehead atoms. The Bertz CT molecular complexity index is 642. The molecule has 2 N–H and O–H groups in total. The minimum atomic E-state index is -0.591. The van der Waals surface area contributed by atoms with Crippen LogP contribution in [0.15, 0.2) is 53.0 Å². The number of fused-ring (bicyclic) bond motifs is 1. The minimum Gasteiger partial charge on any atom is -0.359 e. The third-order valence-corrected chi connectivity index (χ3v) is 3.82. The van der Waals surface area contributed by atoms with Gasteiger partial charge < -0.3 is 10.6 Å². The van der Waals surface area contributed by atoms with Gasteiger partial charge >= 0.3 is 0 Å². The summed E-state index contributed by atoms with van der Waals surface area (Å²) in [5, 5.41) is 6.42. The predicted octanol–water partition coefficient (Wildman–Crippen LogP) is 3.48. The van der Waals surface area contributed by atoms with Crippen molar-refractivity contribution >= 4 is 27.5 Å². The van der Waals surface area contributed by atoms with Crippen LogP contribution in [-0.2, 0) is 5.66 Å². The molecule has 1 heterocycles. The number of nitrogens with one attached hydrogen (secondary N) is 2. The van der Waals surface area contributed by atoms with Gasteiger partial charge in [0.05, 0.1) is 11.3 Å². The lowest BCUT2D eigenvalue weighted by Crippen LogP contribution is -2.52. The molecule has 96 valence electrons. The first-order valence-electron chi connectivity index (χ1n) is 6.04. The van der Waals surface area contributed by atoms with Crippen LogP contribution in [0.2, 0.25) is 0 Å². The van der Waals surface area contributed by atoms with E-state index in [2.05, 4.69) is 26.6 Å². The minimum absolute atomic E-state index is 0.0624. The fourth-order valence-electron chi connectivity index (χ4n) is 2.33. The van der Waals surface area contributed by atoms with Gasteiger partial charge in [-0.1, -0.05) is 46.3 Å². The first-order valence-corrected chi connectivity index (χ1v) is 6.83. The third kappa shape index (κ3) is 2.12. The van der Waals surface area contributed by atoms with Gasteiger partial charge in [-0.05, 0) is 30.7 Å². The Balaban J connectivity index is 2.07. The zero-order chi connectivity index (χ0) is 13.5. The number of hydrogen-bond acceptors (Lipinski definition) is 2. The second-order valence-corrected chi connectivity index (χ2v) is 5.68. The summed E-state index contributed by atoms with van der Waals surface area (Å²) in [7, 11) is 0. The molecule has 19 heavy (non-hydrogen) atoms. The average molecular weight is 317 g/mol. The van der Waals surface area contributed by atoms with Gasteiger partial charge in [-0.25, -0.2) is 0 Å². The Labute approximate surface area is 120 Å². The maximum atomic E-state index is 12.2. The Kier molecular flexibility index (Phi) is 2.82. The second-order valence-electron chi connectivity index (χ2n) is 4.76. The van der Waals surface area contributed by atoms with E-state index >= 15 is 0 Å². The van der Waals surface area contributed by atoms with Crippen LogP contribution in [0, 0.1) is 0 Å². The molecule has 0 fully saturated rings. The van der Waals surface area contributed by atoms with E-state index in [0.717, 1.165) is 15.7 Å². The van der Waals surface area contributed by atoms with Crippen molar-refractivity contribution in [3.63, 3.8) is 0 Å². The largest absolute Gasteiger partial charge is 0.359 e. The fraction of sp³-hybridized carbons (Fsp3) is 0.133. The quantitative estimate of drug-likeness (QED) is 0.845. The number of benzene rings is 2. The smallest absolute Gasteiger partial charge is 0.255 e. The standard InChI is InChI=1S/C15H13BrN2O/c1-15(10-5-3-2-4-6-10)17-13-9-11(16)7-8-12(13)14(19)18-15/h2-9,17H,1H3,(H,18,19)/t15-/m0/s1. The molecule has 1 atom stereocenters. The highest BCUT2D eigenvalue weighted by Crippen LogP contribution is 2.32. The lowest BCUT2D eigenvalue weighted by molar-refractivity contribution is 0.0906. The molecule has 1 aliphatic rings. The van der Waals surface area contributed by atoms with Gasteiger partial charge in [0.1, 0.15) is 5.66 Å². The number of carbonyl (C=O) groups excluding carboxylic acids is 1. The zero-order valence-corrected chi connectivity index (χ0v) is 12.0. The van der Waals surface area contributed by atoms with Gasteiger partial charge in [0, 0.05) is 4.47 Å². The lowest BCUT2D eigenvalue weighted by Gasteiger charge is -2.38. The highest BCUT2D eigenvalue weighted by Gasteiger charge is 2.34. The van der Waals surface area contributed by atoms with Gasteiger partial charge in [0.25, 0.3) is 5.91 Å². The summed E-state index contributed by atoms with van der Waals surface area (Å²) in [6.07, 6.45) is 0. The van der Waals surface area contributed by atoms with E-state index in [9.17, 15) is 4.79 Å². The van der Waals surface area contributed by atoms with Crippen molar-refractivity contribution in [3.8, 4) is 0 Å². The lowest BCUT2D eigenvalue weighted by atomic mass is 9.96. The Morgan fingerprint density at radius 3 is 2.53 bits per heavy atom. The van der Waals surface area contributed by atoms with E-state index in [1.165, 1.54) is 0 Å². The van der Waals surface area contributed by atoms with E-state index in [1.54, 1.807) is 0 Å². The Morgan fingerprint density at radius 2 is 1.79 bits per heavy atom. The molecule has 0 radical (unpaired) electrons. The van der Waals surface area contributed by atoms with E-state index in [1.807, 2.05) is 55.5 Å². The number of amides is 1. The molecule has 0 spiro atoms. The molecule has 1 amide bonds. The number of anilines is 1. The van der Waals surface area contributed by atoms with Crippen molar-refractivity contribution in [1.29, 1.82) is 0 Å². The summed E-state index contributed by atoms with van der Waals surface area (Å²) in [6, 6.07) is 15.5. The number of carbonyl (C=O) groups is 1. The van der Waals surface area contributed by atoms with Crippen LogP contribution in [0.5, 0.6) is 0 Å². The molecule has 1 aliphatic heterocycles. The number of halogens is 1. The van der Waals surface area contributed by atoms with E-state index in [0.29, 0.717) is 5.56 Å². The first-order chi connectivity index (χ1) is 9.08. The maximum absolute atomic E-state index is 12.2. The molecule has 4 heteroatoms. The molecular formula is C15H13BrN2O. The normalized spacial score (nSPS) is 21.3. The number of rotatable bonds is 1. The van der Waals surface area contributed by atoms with Crippen molar-refractivity contribution in [3.05, 3.63) is 64.1 Å². The molecule has 0 aliphatic carbocycles. The van der Waals surface area contributed by atoms with E-state index in [4.69, 9.17) is 0 Å². The highest BCUT2D eigenvalue weighted by molar-refractivity contribution is 9.10. The molecule has 2 aromatic rings. The monoisotopic (exact) mass is 316 g/mol. The van der Waals surface area contributed by atoms with Gasteiger partial charge in [-0.15, -0.1) is 0 Å². The van der Waals surface area contributed by atoms with Crippen LogP contribution in [0.4, 0.5) is 5.69 Å². The van der Waals surface area contributed by atoms with Crippen LogP contribution in [-0.4, -0.2) is 5.91 Å². The Hall–Kier alpha value is -1.81. The molecular weight excluding hydrogens is 304 g/mol. The van der Waals surface area contributed by atoms with E-state index < -0.39 is 5.66 Å². The van der Waals surface area contributed by atoms with Crippen molar-refractivity contribution in [2.24, 2.45) is 0 Å². The zero-order valence-electron chi connectivity index (χ0n) is 10.4. The van der Waals surface area contributed by atoms with Crippen LogP contribution in [0.3, 0.4) is 0 Å². The third-order valence-electron chi connectivity index (χ3n) is 3.33. The molecule has 0 saturated carbocycles. The van der Waals surface area contributed by atoms with Crippen molar-refractivity contribution < 1.29 is 4.79 Å². The summed E-state index contributed by atoms with van der Waals surface area (Å²) < 4.78 is 0.948. The van der Waals surface area contributed by atoms with Crippen molar-refractivity contribution in [2.75, 3.05) is 5.32 Å². The fourth-order valence-corrected chi connectivity index (χ4v) is 2.69. The first kappa shape index (κ1) is 12.2. The molecule has 0 unspecified atom stereocenters. The van der Waals surface area contributed by atoms with Gasteiger partial charge in [0.2, 0.25) is 0 Å². The summed E-state index contributed by atoms with van der Waals surface area (Å²) in [6.45, 7) is 1.96. The van der Waals surface area contributed by atoms with Crippen LogP contribution >= 0.6 is 15.9 Å². The SMILES string of the molecule is C[C@@]1(c2ccccc2)NC(=O)c2ccc(Br)cc2N1. The Morgan fingerprint density at radius 1 is 1.05 bits per heavy atom. The van der Waals surface area contributed by atoms with Crippen molar-refractivity contribution in [2.45, 2.75) is 12.6 Å². The van der Waals surface area contributed by atoms with Gasteiger partial charge in [0.15, 0.2) is 0 Å². The van der Waals surface area contributed by atoms with Crippen LogP contribution < -0.4 is 10.6 Å². The van der Waals surface area contributed by atoms with E-state index in [-0.39, 0.29) is 5.91 Å². The summed E-state index contributed by atoms with van der Waals surface area (Å²) >= 11 is 3.43. The molecule has 0 saturated heterocycles.